The summed E-state index contributed by atoms with van der Waals surface area (Å²) in [6.45, 7) is 0. The van der Waals surface area contributed by atoms with Gasteiger partial charge < -0.3 is 9.80 Å². The molecule has 0 heterocycles. The van der Waals surface area contributed by atoms with Crippen molar-refractivity contribution in [1.82, 2.24) is 0 Å². The summed E-state index contributed by atoms with van der Waals surface area (Å²) in [5.74, 6) is 0. The van der Waals surface area contributed by atoms with E-state index in [-0.39, 0.29) is 0 Å². The minimum Gasteiger partial charge on any atom is -0.310 e. The van der Waals surface area contributed by atoms with Gasteiger partial charge in [0.2, 0.25) is 0 Å². The highest BCUT2D eigenvalue weighted by atomic mass is 15.1. The molecule has 0 atom stereocenters. The van der Waals surface area contributed by atoms with Crippen LogP contribution in [0.1, 0.15) is 11.1 Å². The Balaban J connectivity index is 0.953. The Hall–Kier alpha value is -7.42. The Morgan fingerprint density at radius 1 is 0.214 bits per heavy atom. The molecule has 0 spiro atoms. The van der Waals surface area contributed by atoms with Gasteiger partial charge in [0, 0.05) is 34.1 Å². The number of rotatable bonds is 8. The lowest BCUT2D eigenvalue weighted by Gasteiger charge is -2.26. The average Bonchev–Trinajstić information content (AvgIpc) is 3.26. The van der Waals surface area contributed by atoms with E-state index < -0.39 is 0 Å². The zero-order chi connectivity index (χ0) is 37.3. The quantitative estimate of drug-likeness (QED) is 0.145. The maximum absolute atomic E-state index is 2.35. The molecule has 10 aromatic carbocycles. The third-order valence-corrected chi connectivity index (χ3v) is 10.7. The van der Waals surface area contributed by atoms with Crippen LogP contribution in [0.5, 0.6) is 0 Å². The van der Waals surface area contributed by atoms with E-state index >= 15 is 0 Å². The molecule has 0 unspecified atom stereocenters. The lowest BCUT2D eigenvalue weighted by molar-refractivity contribution is 1.29. The summed E-state index contributed by atoms with van der Waals surface area (Å²) in [4.78, 5) is 4.70. The molecular formula is C54H38N2. The van der Waals surface area contributed by atoms with Gasteiger partial charge in [0.1, 0.15) is 0 Å². The summed E-state index contributed by atoms with van der Waals surface area (Å²) in [5, 5.41) is 9.82. The van der Waals surface area contributed by atoms with Crippen LogP contribution < -0.4 is 9.80 Å². The van der Waals surface area contributed by atoms with Crippen molar-refractivity contribution < 1.29 is 0 Å². The number of nitrogens with zero attached hydrogens (tertiary/aromatic N) is 2. The maximum Gasteiger partial charge on any atom is 0.0468 e. The molecule has 0 aliphatic rings. The number of hydrogen-bond donors (Lipinski definition) is 0. The van der Waals surface area contributed by atoms with Gasteiger partial charge in [-0.15, -0.1) is 0 Å². The number of hydrogen-bond acceptors (Lipinski definition) is 2. The lowest BCUT2D eigenvalue weighted by Crippen LogP contribution is -2.10. The molecule has 10 aromatic rings. The molecule has 0 radical (unpaired) electrons. The van der Waals surface area contributed by atoms with Gasteiger partial charge in [-0.25, -0.2) is 0 Å². The van der Waals surface area contributed by atoms with Gasteiger partial charge in [0.15, 0.2) is 0 Å². The molecule has 2 nitrogen and oxygen atoms in total. The third kappa shape index (κ3) is 6.55. The standard InChI is InChI=1S/C54H38N2/c1-5-13-45-35-51(31-23-41(45)9-1)55(52-32-24-42-10-2-6-14-46(42)36-52)49-27-19-39(20-28-49)17-18-40-21-29-50(30-22-40)56(53-33-25-43-11-3-7-15-47(43)37-53)54-34-26-44-12-4-8-16-48(44)38-54/h1-38H. The summed E-state index contributed by atoms with van der Waals surface area (Å²) >= 11 is 0. The summed E-state index contributed by atoms with van der Waals surface area (Å²) in [7, 11) is 0. The summed E-state index contributed by atoms with van der Waals surface area (Å²) < 4.78 is 0. The highest BCUT2D eigenvalue weighted by molar-refractivity contribution is 5.94. The Labute approximate surface area is 327 Å². The molecule has 0 bridgehead atoms. The second-order valence-corrected chi connectivity index (χ2v) is 14.3. The van der Waals surface area contributed by atoms with Gasteiger partial charge in [0.05, 0.1) is 0 Å². The fourth-order valence-electron chi connectivity index (χ4n) is 7.82. The van der Waals surface area contributed by atoms with E-state index in [0.29, 0.717) is 0 Å². The van der Waals surface area contributed by atoms with E-state index in [2.05, 4.69) is 240 Å². The van der Waals surface area contributed by atoms with Gasteiger partial charge in [-0.2, -0.15) is 0 Å². The van der Waals surface area contributed by atoms with Crippen LogP contribution in [-0.4, -0.2) is 0 Å². The van der Waals surface area contributed by atoms with Crippen molar-refractivity contribution in [2.75, 3.05) is 9.80 Å². The molecular weight excluding hydrogens is 677 g/mol. The van der Waals surface area contributed by atoms with E-state index in [1.54, 1.807) is 0 Å². The molecule has 0 aliphatic carbocycles. The fraction of sp³-hybridized carbons (Fsp3) is 0. The van der Waals surface area contributed by atoms with E-state index in [1.807, 2.05) is 0 Å². The van der Waals surface area contributed by atoms with Crippen LogP contribution >= 0.6 is 0 Å². The van der Waals surface area contributed by atoms with Gasteiger partial charge in [-0.3, -0.25) is 0 Å². The van der Waals surface area contributed by atoms with Crippen LogP contribution in [0.2, 0.25) is 0 Å². The minimum absolute atomic E-state index is 1.11. The fourth-order valence-corrected chi connectivity index (χ4v) is 7.82. The molecule has 0 aliphatic heterocycles. The highest BCUT2D eigenvalue weighted by Crippen LogP contribution is 2.39. The van der Waals surface area contributed by atoms with Crippen LogP contribution in [0.3, 0.4) is 0 Å². The Morgan fingerprint density at radius 2 is 0.446 bits per heavy atom. The van der Waals surface area contributed by atoms with Crippen molar-refractivity contribution in [2.24, 2.45) is 0 Å². The molecule has 2 heteroatoms. The van der Waals surface area contributed by atoms with Gasteiger partial charge in [0.25, 0.3) is 0 Å². The van der Waals surface area contributed by atoms with Gasteiger partial charge in [-0.1, -0.05) is 158 Å². The van der Waals surface area contributed by atoms with E-state index in [0.717, 1.165) is 45.3 Å². The first-order valence-electron chi connectivity index (χ1n) is 19.2. The second-order valence-electron chi connectivity index (χ2n) is 14.3. The molecule has 0 N–H and O–H groups in total. The number of benzene rings is 10. The zero-order valence-electron chi connectivity index (χ0n) is 30.8. The van der Waals surface area contributed by atoms with Crippen LogP contribution in [0.25, 0.3) is 55.2 Å². The van der Waals surface area contributed by atoms with Gasteiger partial charge in [-0.05, 0) is 127 Å². The average molecular weight is 715 g/mol. The van der Waals surface area contributed by atoms with Gasteiger partial charge >= 0.3 is 0 Å². The molecule has 0 fully saturated rings. The smallest absolute Gasteiger partial charge is 0.0468 e. The predicted octanol–water partition coefficient (Wildman–Crippen LogP) is 15.4. The predicted molar refractivity (Wildman–Crippen MR) is 241 cm³/mol. The van der Waals surface area contributed by atoms with E-state index in [1.165, 1.54) is 43.1 Å². The van der Waals surface area contributed by atoms with Crippen LogP contribution in [-0.2, 0) is 0 Å². The Bertz CT molecular complexity index is 2670. The van der Waals surface area contributed by atoms with Crippen molar-refractivity contribution in [3.05, 3.63) is 230 Å². The first kappa shape index (κ1) is 33.2. The van der Waals surface area contributed by atoms with Crippen LogP contribution in [0.4, 0.5) is 34.1 Å². The van der Waals surface area contributed by atoms with Crippen molar-refractivity contribution in [1.29, 1.82) is 0 Å². The largest absolute Gasteiger partial charge is 0.310 e. The topological polar surface area (TPSA) is 6.48 Å². The molecule has 56 heavy (non-hydrogen) atoms. The van der Waals surface area contributed by atoms with Crippen molar-refractivity contribution in [3.63, 3.8) is 0 Å². The lowest BCUT2D eigenvalue weighted by atomic mass is 10.1. The van der Waals surface area contributed by atoms with Crippen molar-refractivity contribution in [3.8, 4) is 0 Å². The second kappa shape index (κ2) is 14.4. The monoisotopic (exact) mass is 714 g/mol. The zero-order valence-corrected chi connectivity index (χ0v) is 30.8. The molecule has 10 rings (SSSR count). The summed E-state index contributed by atoms with van der Waals surface area (Å²) in [6.07, 6.45) is 4.39. The number of anilines is 6. The maximum atomic E-state index is 2.35. The normalized spacial score (nSPS) is 11.5. The molecule has 264 valence electrons. The number of fused-ring (bicyclic) bond motifs is 4. The van der Waals surface area contributed by atoms with E-state index in [4.69, 9.17) is 0 Å². The Kier molecular flexibility index (Phi) is 8.55. The molecule has 0 saturated heterocycles. The molecule has 0 saturated carbocycles. The first-order valence-corrected chi connectivity index (χ1v) is 19.2. The van der Waals surface area contributed by atoms with Crippen LogP contribution in [0, 0.1) is 0 Å². The SMILES string of the molecule is C(=Cc1ccc(N(c2ccc3ccccc3c2)c2ccc3ccccc3c2)cc1)c1ccc(N(c2ccc3ccccc3c2)c2ccc3ccccc3c2)cc1. The van der Waals surface area contributed by atoms with Crippen molar-refractivity contribution >= 4 is 89.4 Å². The third-order valence-electron chi connectivity index (χ3n) is 10.7. The Morgan fingerprint density at radius 3 is 0.714 bits per heavy atom. The highest BCUT2D eigenvalue weighted by Gasteiger charge is 2.15. The minimum atomic E-state index is 1.11. The summed E-state index contributed by atoms with van der Waals surface area (Å²) in [5.41, 5.74) is 9.02. The van der Waals surface area contributed by atoms with E-state index in [9.17, 15) is 0 Å². The molecule has 0 amide bonds. The summed E-state index contributed by atoms with van der Waals surface area (Å²) in [6, 6.07) is 78.7. The van der Waals surface area contributed by atoms with Crippen LogP contribution in [0.15, 0.2) is 218 Å². The van der Waals surface area contributed by atoms with Crippen molar-refractivity contribution in [2.45, 2.75) is 0 Å². The first-order chi connectivity index (χ1) is 27.7. The molecule has 0 aromatic heterocycles.